The third-order valence-corrected chi connectivity index (χ3v) is 5.68. The number of carbonyl (C=O) groups excluding carboxylic acids is 1. The monoisotopic (exact) mass is 361 g/mol. The van der Waals surface area contributed by atoms with E-state index in [1.165, 1.54) is 5.56 Å². The summed E-state index contributed by atoms with van der Waals surface area (Å²) < 4.78 is 18.1. The highest BCUT2D eigenvalue weighted by atomic mass is 16.7. The van der Waals surface area contributed by atoms with E-state index in [9.17, 15) is 9.59 Å². The van der Waals surface area contributed by atoms with Gasteiger partial charge in [0.1, 0.15) is 5.75 Å². The van der Waals surface area contributed by atoms with Gasteiger partial charge in [-0.25, -0.2) is 0 Å². The molecule has 0 unspecified atom stereocenters. The van der Waals surface area contributed by atoms with Crippen molar-refractivity contribution < 1.29 is 19.0 Å². The number of aryl methyl sites for hydroxylation is 2. The van der Waals surface area contributed by atoms with Gasteiger partial charge in [-0.05, 0) is 29.5 Å². The highest BCUT2D eigenvalue weighted by molar-refractivity contribution is 5.85. The van der Waals surface area contributed by atoms with Gasteiger partial charge < -0.3 is 18.8 Å². The second-order valence-corrected chi connectivity index (χ2v) is 7.14. The van der Waals surface area contributed by atoms with E-state index in [0.29, 0.717) is 29.4 Å². The third kappa shape index (κ3) is 2.01. The molecule has 6 rings (SSSR count). The molecule has 0 spiro atoms. The first-order valence-electron chi connectivity index (χ1n) is 8.98. The van der Waals surface area contributed by atoms with Crippen molar-refractivity contribution in [3.8, 4) is 17.2 Å². The lowest BCUT2D eigenvalue weighted by Crippen LogP contribution is -2.29. The predicted molar refractivity (Wildman–Crippen MR) is 96.6 cm³/mol. The summed E-state index contributed by atoms with van der Waals surface area (Å²) in [6.45, 7) is 0.816. The molecule has 0 N–H and O–H groups in total. The first-order chi connectivity index (χ1) is 13.2. The number of pyridine rings is 1. The first-order valence-corrected chi connectivity index (χ1v) is 8.98. The second-order valence-electron chi connectivity index (χ2n) is 7.14. The quantitative estimate of drug-likeness (QED) is 0.492. The molecule has 27 heavy (non-hydrogen) atoms. The number of aromatic nitrogens is 1. The summed E-state index contributed by atoms with van der Waals surface area (Å²) >= 11 is 0. The molecule has 0 aliphatic carbocycles. The molecule has 3 aromatic rings. The highest BCUT2D eigenvalue weighted by Gasteiger charge is 2.34. The molecule has 0 radical (unpaired) electrons. The van der Waals surface area contributed by atoms with Crippen LogP contribution in [0, 0.1) is 0 Å². The molecule has 4 heterocycles. The van der Waals surface area contributed by atoms with Gasteiger partial charge in [-0.15, -0.1) is 0 Å². The molecule has 0 bridgehead atoms. The number of benzene rings is 2. The van der Waals surface area contributed by atoms with Crippen LogP contribution in [0.4, 0.5) is 0 Å². The number of para-hydroxylation sites is 1. The Balaban J connectivity index is 1.60. The SMILES string of the molecule is O=C1C[C@@H](c2cc3cccc4c3n(c2=O)CC4)c2cc3c(cc2O1)OCO3. The Morgan fingerprint density at radius 1 is 0.963 bits per heavy atom. The predicted octanol–water partition coefficient (Wildman–Crippen LogP) is 2.73. The van der Waals surface area contributed by atoms with Gasteiger partial charge in [-0.2, -0.15) is 0 Å². The van der Waals surface area contributed by atoms with Gasteiger partial charge in [0, 0.05) is 29.7 Å². The zero-order valence-corrected chi connectivity index (χ0v) is 14.4. The number of ether oxygens (including phenoxy) is 3. The Morgan fingerprint density at radius 3 is 2.70 bits per heavy atom. The number of hydrogen-bond acceptors (Lipinski definition) is 5. The Kier molecular flexibility index (Phi) is 2.82. The maximum absolute atomic E-state index is 13.3. The van der Waals surface area contributed by atoms with Gasteiger partial charge in [-0.3, -0.25) is 9.59 Å². The lowest BCUT2D eigenvalue weighted by Gasteiger charge is -2.25. The minimum atomic E-state index is -0.361. The van der Waals surface area contributed by atoms with Crippen LogP contribution >= 0.6 is 0 Å². The number of hydrogen-bond donors (Lipinski definition) is 0. The fraction of sp³-hybridized carbons (Fsp3) is 0.238. The molecule has 1 atom stereocenters. The molecular weight excluding hydrogens is 346 g/mol. The van der Waals surface area contributed by atoms with Crippen molar-refractivity contribution >= 4 is 16.9 Å². The van der Waals surface area contributed by atoms with E-state index < -0.39 is 0 Å². The summed E-state index contributed by atoms with van der Waals surface area (Å²) in [4.78, 5) is 25.5. The number of carbonyl (C=O) groups is 1. The maximum Gasteiger partial charge on any atom is 0.312 e. The van der Waals surface area contributed by atoms with Gasteiger partial charge in [0.2, 0.25) is 6.79 Å². The molecule has 3 aliphatic heterocycles. The van der Waals surface area contributed by atoms with Gasteiger partial charge in [0.25, 0.3) is 5.56 Å². The van der Waals surface area contributed by atoms with Crippen LogP contribution in [0.25, 0.3) is 10.9 Å². The van der Waals surface area contributed by atoms with Crippen molar-refractivity contribution in [1.82, 2.24) is 4.57 Å². The second kappa shape index (κ2) is 5.13. The minimum Gasteiger partial charge on any atom is -0.454 e. The van der Waals surface area contributed by atoms with Gasteiger partial charge >= 0.3 is 5.97 Å². The molecule has 0 amide bonds. The summed E-state index contributed by atoms with van der Waals surface area (Å²) in [7, 11) is 0. The zero-order valence-electron chi connectivity index (χ0n) is 14.4. The van der Waals surface area contributed by atoms with Crippen LogP contribution in [-0.2, 0) is 17.8 Å². The Bertz CT molecular complexity index is 1210. The summed E-state index contributed by atoms with van der Waals surface area (Å²) in [5.74, 6) is 0.905. The summed E-state index contributed by atoms with van der Waals surface area (Å²) in [6.07, 6.45) is 0.991. The fourth-order valence-electron chi connectivity index (χ4n) is 4.46. The van der Waals surface area contributed by atoms with E-state index in [1.807, 2.05) is 28.8 Å². The minimum absolute atomic E-state index is 0.0317. The van der Waals surface area contributed by atoms with Crippen molar-refractivity contribution in [2.24, 2.45) is 0 Å². The van der Waals surface area contributed by atoms with Gasteiger partial charge in [0.15, 0.2) is 11.5 Å². The average molecular weight is 361 g/mol. The van der Waals surface area contributed by atoms with E-state index in [4.69, 9.17) is 14.2 Å². The van der Waals surface area contributed by atoms with Crippen molar-refractivity contribution in [2.45, 2.75) is 25.3 Å². The van der Waals surface area contributed by atoms with Crippen LogP contribution in [0.15, 0.2) is 41.2 Å². The molecule has 3 aliphatic rings. The molecule has 2 aromatic carbocycles. The highest BCUT2D eigenvalue weighted by Crippen LogP contribution is 2.45. The van der Waals surface area contributed by atoms with Crippen LogP contribution in [0.2, 0.25) is 0 Å². The van der Waals surface area contributed by atoms with Gasteiger partial charge in [0.05, 0.1) is 11.9 Å². The number of fused-ring (bicyclic) bond motifs is 2. The summed E-state index contributed by atoms with van der Waals surface area (Å²) in [6, 6.07) is 11.5. The summed E-state index contributed by atoms with van der Waals surface area (Å²) in [5, 5.41) is 1.03. The molecule has 1 aromatic heterocycles. The molecule has 0 saturated heterocycles. The lowest BCUT2D eigenvalue weighted by atomic mass is 9.86. The molecule has 134 valence electrons. The molecule has 0 fully saturated rings. The Morgan fingerprint density at radius 2 is 1.81 bits per heavy atom. The van der Waals surface area contributed by atoms with Crippen molar-refractivity contribution in [2.75, 3.05) is 6.79 Å². The van der Waals surface area contributed by atoms with Crippen LogP contribution in [-0.4, -0.2) is 17.3 Å². The normalized spacial score (nSPS) is 19.3. The number of nitrogens with zero attached hydrogens (tertiary/aromatic N) is 1. The molecular formula is C21H15NO5. The molecule has 6 heteroatoms. The standard InChI is InChI=1S/C21H15NO5/c23-19-8-13(14-7-17-18(26-10-25-17)9-16(14)27-19)15-6-12-3-1-2-11-4-5-22(20(11)12)21(15)24/h1-3,6-7,9,13H,4-5,8,10H2/t13-/m1/s1. The van der Waals surface area contributed by atoms with Crippen LogP contribution in [0.3, 0.4) is 0 Å². The van der Waals surface area contributed by atoms with E-state index in [-0.39, 0.29) is 30.7 Å². The zero-order chi connectivity index (χ0) is 18.1. The van der Waals surface area contributed by atoms with E-state index >= 15 is 0 Å². The van der Waals surface area contributed by atoms with Crippen LogP contribution in [0.5, 0.6) is 17.2 Å². The lowest BCUT2D eigenvalue weighted by molar-refractivity contribution is -0.135. The smallest absolute Gasteiger partial charge is 0.312 e. The Hall–Kier alpha value is -3.28. The third-order valence-electron chi connectivity index (χ3n) is 5.68. The maximum atomic E-state index is 13.3. The number of rotatable bonds is 1. The van der Waals surface area contributed by atoms with Crippen molar-refractivity contribution in [1.29, 1.82) is 0 Å². The van der Waals surface area contributed by atoms with E-state index in [2.05, 4.69) is 6.07 Å². The van der Waals surface area contributed by atoms with E-state index in [1.54, 1.807) is 6.07 Å². The molecule has 6 nitrogen and oxygen atoms in total. The Labute approximate surface area is 153 Å². The van der Waals surface area contributed by atoms with Crippen LogP contribution in [0.1, 0.15) is 29.0 Å². The first kappa shape index (κ1) is 14.8. The van der Waals surface area contributed by atoms with Gasteiger partial charge in [-0.1, -0.05) is 18.2 Å². The summed E-state index contributed by atoms with van der Waals surface area (Å²) in [5.41, 5.74) is 3.59. The fourth-order valence-corrected chi connectivity index (χ4v) is 4.46. The average Bonchev–Trinajstić information content (AvgIpc) is 3.30. The molecule has 0 saturated carbocycles. The van der Waals surface area contributed by atoms with Crippen molar-refractivity contribution in [3.05, 3.63) is 63.4 Å². The largest absolute Gasteiger partial charge is 0.454 e. The van der Waals surface area contributed by atoms with Crippen molar-refractivity contribution in [3.63, 3.8) is 0 Å². The number of esters is 1. The van der Waals surface area contributed by atoms with E-state index in [0.717, 1.165) is 22.9 Å². The van der Waals surface area contributed by atoms with Crippen LogP contribution < -0.4 is 19.8 Å². The topological polar surface area (TPSA) is 66.8 Å².